The lowest BCUT2D eigenvalue weighted by atomic mass is 10.1. The highest BCUT2D eigenvalue weighted by molar-refractivity contribution is 7.98. The van der Waals surface area contributed by atoms with E-state index >= 15 is 0 Å². The number of rotatable bonds is 8. The van der Waals surface area contributed by atoms with Crippen molar-refractivity contribution in [3.05, 3.63) is 90.0 Å². The third-order valence-corrected chi connectivity index (χ3v) is 8.24. The Labute approximate surface area is 198 Å². The van der Waals surface area contributed by atoms with Gasteiger partial charge in [0.05, 0.1) is 16.9 Å². The summed E-state index contributed by atoms with van der Waals surface area (Å²) in [6, 6.07) is 23.4. The molecule has 7 nitrogen and oxygen atoms in total. The van der Waals surface area contributed by atoms with Gasteiger partial charge in [0, 0.05) is 36.8 Å². The van der Waals surface area contributed by atoms with Gasteiger partial charge in [0.2, 0.25) is 0 Å². The van der Waals surface area contributed by atoms with E-state index in [0.29, 0.717) is 37.6 Å². The number of aromatic carboxylic acids is 1. The van der Waals surface area contributed by atoms with Gasteiger partial charge in [0.25, 0.3) is 0 Å². The van der Waals surface area contributed by atoms with Crippen LogP contribution in [0.1, 0.15) is 15.9 Å². The molecular formula is C24H25N3O4S2. The highest BCUT2D eigenvalue weighted by atomic mass is 32.2. The number of carboxylic acids is 1. The quantitative estimate of drug-likeness (QED) is 0.472. The number of piperazine rings is 1. The van der Waals surface area contributed by atoms with E-state index in [4.69, 9.17) is 0 Å². The van der Waals surface area contributed by atoms with Crippen LogP contribution in [-0.2, 0) is 16.0 Å². The average Bonchev–Trinajstić information content (AvgIpc) is 2.85. The van der Waals surface area contributed by atoms with Crippen LogP contribution in [0.15, 0.2) is 83.8 Å². The molecule has 0 atom stereocenters. The van der Waals surface area contributed by atoms with Gasteiger partial charge in [-0.2, -0.15) is 12.7 Å². The topological polar surface area (TPSA) is 90.0 Å². The van der Waals surface area contributed by atoms with Gasteiger partial charge in [-0.05, 0) is 35.9 Å². The van der Waals surface area contributed by atoms with E-state index in [0.717, 1.165) is 14.8 Å². The third-order valence-electron chi connectivity index (χ3n) is 5.29. The fraction of sp³-hybridized carbons (Fsp3) is 0.208. The number of thioether (sulfide) groups is 1. The number of carboxylic acid groups (broad SMARTS) is 1. The molecule has 172 valence electrons. The monoisotopic (exact) mass is 483 g/mol. The molecule has 0 aromatic heterocycles. The number of hydrogen-bond acceptors (Lipinski definition) is 5. The van der Waals surface area contributed by atoms with Crippen LogP contribution in [0.3, 0.4) is 0 Å². The molecule has 3 aromatic carbocycles. The zero-order valence-corrected chi connectivity index (χ0v) is 19.6. The first-order valence-corrected chi connectivity index (χ1v) is 13.0. The van der Waals surface area contributed by atoms with Crippen molar-refractivity contribution < 1.29 is 18.3 Å². The number of benzene rings is 3. The molecular weight excluding hydrogens is 458 g/mol. The lowest BCUT2D eigenvalue weighted by molar-refractivity contribution is 0.0697. The summed E-state index contributed by atoms with van der Waals surface area (Å²) in [4.78, 5) is 13.0. The first-order chi connectivity index (χ1) is 16.0. The summed E-state index contributed by atoms with van der Waals surface area (Å²) in [5.41, 5.74) is 1.57. The Hall–Kier alpha value is -2.85. The van der Waals surface area contributed by atoms with Crippen molar-refractivity contribution in [1.29, 1.82) is 0 Å². The van der Waals surface area contributed by atoms with Crippen LogP contribution in [0.2, 0.25) is 0 Å². The van der Waals surface area contributed by atoms with Crippen molar-refractivity contribution in [2.24, 2.45) is 0 Å². The number of para-hydroxylation sites is 1. The normalized spacial score (nSPS) is 14.7. The van der Waals surface area contributed by atoms with E-state index in [1.165, 1.54) is 16.1 Å². The van der Waals surface area contributed by atoms with Gasteiger partial charge in [-0.15, -0.1) is 11.8 Å². The van der Waals surface area contributed by atoms with Crippen molar-refractivity contribution >= 4 is 39.3 Å². The highest BCUT2D eigenvalue weighted by Gasteiger charge is 2.34. The molecule has 0 radical (unpaired) electrons. The van der Waals surface area contributed by atoms with E-state index in [1.807, 2.05) is 30.3 Å². The summed E-state index contributed by atoms with van der Waals surface area (Å²) in [7, 11) is -4.00. The molecule has 9 heteroatoms. The predicted octanol–water partition coefficient (Wildman–Crippen LogP) is 3.97. The zero-order chi connectivity index (χ0) is 23.3. The molecule has 1 aliphatic heterocycles. The summed E-state index contributed by atoms with van der Waals surface area (Å²) in [5.74, 6) is -0.496. The molecule has 0 aliphatic carbocycles. The molecule has 1 fully saturated rings. The minimum Gasteiger partial charge on any atom is -0.478 e. The molecule has 0 amide bonds. The Bertz CT molecular complexity index is 1200. The SMILES string of the molecule is O=C(O)c1cc(SCc2ccccc2)ccc1N(c1ccccc1)S(=O)(=O)N1CCNCC1. The molecule has 4 rings (SSSR count). The number of carbonyl (C=O) groups is 1. The number of hydrogen-bond donors (Lipinski definition) is 2. The molecule has 0 bridgehead atoms. The van der Waals surface area contributed by atoms with Gasteiger partial charge < -0.3 is 10.4 Å². The van der Waals surface area contributed by atoms with E-state index in [1.54, 1.807) is 48.5 Å². The van der Waals surface area contributed by atoms with Crippen molar-refractivity contribution in [1.82, 2.24) is 9.62 Å². The van der Waals surface area contributed by atoms with Crippen LogP contribution in [0.25, 0.3) is 0 Å². The fourth-order valence-corrected chi connectivity index (χ4v) is 6.21. The van der Waals surface area contributed by atoms with Crippen molar-refractivity contribution in [2.45, 2.75) is 10.6 Å². The Morgan fingerprint density at radius 1 is 0.970 bits per heavy atom. The number of anilines is 2. The Kier molecular flexibility index (Phi) is 7.34. The lowest BCUT2D eigenvalue weighted by Gasteiger charge is -2.34. The minimum atomic E-state index is -4.00. The summed E-state index contributed by atoms with van der Waals surface area (Å²) < 4.78 is 29.9. The summed E-state index contributed by atoms with van der Waals surface area (Å²) in [6.45, 7) is 1.73. The number of nitrogens with one attached hydrogen (secondary N) is 1. The van der Waals surface area contributed by atoms with Crippen LogP contribution < -0.4 is 9.62 Å². The maximum absolute atomic E-state index is 13.7. The van der Waals surface area contributed by atoms with Gasteiger partial charge in [0.1, 0.15) is 0 Å². The molecule has 3 aromatic rings. The standard InChI is InChI=1S/C24H25N3O4S2/c28-24(29)22-17-21(32-18-19-7-3-1-4-8-19)11-12-23(22)27(20-9-5-2-6-10-20)33(30,31)26-15-13-25-14-16-26/h1-12,17,25H,13-16,18H2,(H,28,29). The smallest absolute Gasteiger partial charge is 0.337 e. The fourth-order valence-electron chi connectivity index (χ4n) is 3.64. The zero-order valence-electron chi connectivity index (χ0n) is 17.9. The second-order valence-corrected chi connectivity index (χ2v) is 10.3. The summed E-state index contributed by atoms with van der Waals surface area (Å²) in [5, 5.41) is 13.1. The molecule has 1 aliphatic rings. The largest absolute Gasteiger partial charge is 0.478 e. The second kappa shape index (κ2) is 10.4. The summed E-state index contributed by atoms with van der Waals surface area (Å²) in [6.07, 6.45) is 0. The van der Waals surface area contributed by atoms with Crippen molar-refractivity contribution in [3.8, 4) is 0 Å². The van der Waals surface area contributed by atoms with Crippen LogP contribution in [0.5, 0.6) is 0 Å². The molecule has 1 heterocycles. The van der Waals surface area contributed by atoms with Gasteiger partial charge in [-0.25, -0.2) is 9.10 Å². The molecule has 0 unspecified atom stereocenters. The van der Waals surface area contributed by atoms with Crippen LogP contribution >= 0.6 is 11.8 Å². The average molecular weight is 484 g/mol. The van der Waals surface area contributed by atoms with Crippen molar-refractivity contribution in [3.63, 3.8) is 0 Å². The Balaban J connectivity index is 1.74. The first kappa shape index (κ1) is 23.3. The maximum atomic E-state index is 13.7. The van der Waals surface area contributed by atoms with Gasteiger partial charge in [-0.1, -0.05) is 48.5 Å². The Morgan fingerprint density at radius 3 is 2.24 bits per heavy atom. The number of nitrogens with zero attached hydrogens (tertiary/aromatic N) is 2. The second-order valence-electron chi connectivity index (χ2n) is 7.52. The highest BCUT2D eigenvalue weighted by Crippen LogP contribution is 2.36. The van der Waals surface area contributed by atoms with Crippen molar-refractivity contribution in [2.75, 3.05) is 30.5 Å². The molecule has 0 saturated carbocycles. The van der Waals surface area contributed by atoms with Crippen LogP contribution in [0, 0.1) is 0 Å². The summed E-state index contributed by atoms with van der Waals surface area (Å²) >= 11 is 1.51. The maximum Gasteiger partial charge on any atom is 0.337 e. The van der Waals surface area contributed by atoms with Gasteiger partial charge in [0.15, 0.2) is 0 Å². The first-order valence-electron chi connectivity index (χ1n) is 10.6. The molecule has 1 saturated heterocycles. The van der Waals surface area contributed by atoms with E-state index in [-0.39, 0.29) is 11.3 Å². The van der Waals surface area contributed by atoms with Gasteiger partial charge >= 0.3 is 16.2 Å². The molecule has 0 spiro atoms. The van der Waals surface area contributed by atoms with Crippen LogP contribution in [0.4, 0.5) is 11.4 Å². The van der Waals surface area contributed by atoms with E-state index < -0.39 is 16.2 Å². The van der Waals surface area contributed by atoms with Gasteiger partial charge in [-0.3, -0.25) is 0 Å². The van der Waals surface area contributed by atoms with Crippen LogP contribution in [-0.4, -0.2) is 50.0 Å². The Morgan fingerprint density at radius 2 is 1.61 bits per heavy atom. The van der Waals surface area contributed by atoms with E-state index in [9.17, 15) is 18.3 Å². The minimum absolute atomic E-state index is 0.0596. The predicted molar refractivity (Wildman–Crippen MR) is 131 cm³/mol. The van der Waals surface area contributed by atoms with E-state index in [2.05, 4.69) is 5.32 Å². The lowest BCUT2D eigenvalue weighted by Crippen LogP contribution is -2.51. The third kappa shape index (κ3) is 5.39. The molecule has 33 heavy (non-hydrogen) atoms. The molecule has 2 N–H and O–H groups in total.